The van der Waals surface area contributed by atoms with Crippen LogP contribution in [0.2, 0.25) is 0 Å². The summed E-state index contributed by atoms with van der Waals surface area (Å²) in [5.74, 6) is -0.558. The maximum Gasteiger partial charge on any atom is 0.257 e. The van der Waals surface area contributed by atoms with E-state index < -0.39 is 0 Å². The largest absolute Gasteiger partial charge is 0.322 e. The van der Waals surface area contributed by atoms with E-state index in [0.717, 1.165) is 4.47 Å². The van der Waals surface area contributed by atoms with Crippen molar-refractivity contribution in [1.82, 2.24) is 0 Å². The summed E-state index contributed by atoms with van der Waals surface area (Å²) in [5, 5.41) is 5.62. The average Bonchev–Trinajstić information content (AvgIpc) is 2.63. The van der Waals surface area contributed by atoms with Crippen LogP contribution in [0.15, 0.2) is 83.3 Å². The molecule has 0 aliphatic rings. The minimum Gasteiger partial charge on any atom is -0.322 e. The summed E-state index contributed by atoms with van der Waals surface area (Å²) in [6, 6.07) is 23.2. The third kappa shape index (κ3) is 4.33. The number of halogens is 1. The Balaban J connectivity index is 1.81. The Morgan fingerprint density at radius 3 is 2.20 bits per heavy atom. The number of rotatable bonds is 4. The predicted octanol–water partition coefficient (Wildman–Crippen LogP) is 4.95. The lowest BCUT2D eigenvalue weighted by molar-refractivity contribution is 0.102. The molecule has 0 unspecified atom stereocenters. The highest BCUT2D eigenvalue weighted by atomic mass is 79.9. The van der Waals surface area contributed by atoms with Gasteiger partial charge < -0.3 is 10.6 Å². The van der Waals surface area contributed by atoms with Gasteiger partial charge in [-0.1, -0.05) is 52.3 Å². The second-order valence-electron chi connectivity index (χ2n) is 5.33. The van der Waals surface area contributed by atoms with Crippen molar-refractivity contribution in [2.45, 2.75) is 0 Å². The van der Waals surface area contributed by atoms with Gasteiger partial charge in [-0.15, -0.1) is 0 Å². The van der Waals surface area contributed by atoms with Crippen molar-refractivity contribution in [1.29, 1.82) is 0 Å². The first-order chi connectivity index (χ1) is 12.1. The lowest BCUT2D eigenvalue weighted by Crippen LogP contribution is -2.18. The molecule has 25 heavy (non-hydrogen) atoms. The van der Waals surface area contributed by atoms with Crippen LogP contribution in [0.25, 0.3) is 0 Å². The topological polar surface area (TPSA) is 58.2 Å². The number of amides is 2. The van der Waals surface area contributed by atoms with Crippen molar-refractivity contribution in [3.8, 4) is 0 Å². The zero-order valence-electron chi connectivity index (χ0n) is 13.2. The molecule has 0 saturated heterocycles. The van der Waals surface area contributed by atoms with Crippen molar-refractivity contribution in [3.63, 3.8) is 0 Å². The Kier molecular flexibility index (Phi) is 5.26. The number of hydrogen-bond donors (Lipinski definition) is 2. The van der Waals surface area contributed by atoms with E-state index in [0.29, 0.717) is 22.5 Å². The molecule has 3 aromatic rings. The fraction of sp³-hybridized carbons (Fsp3) is 0. The molecule has 4 nitrogen and oxygen atoms in total. The third-order valence-electron chi connectivity index (χ3n) is 3.54. The van der Waals surface area contributed by atoms with Crippen LogP contribution in [-0.4, -0.2) is 11.8 Å². The van der Waals surface area contributed by atoms with Gasteiger partial charge in [0.1, 0.15) is 0 Å². The van der Waals surface area contributed by atoms with Gasteiger partial charge >= 0.3 is 0 Å². The van der Waals surface area contributed by atoms with Crippen molar-refractivity contribution in [2.24, 2.45) is 0 Å². The highest BCUT2D eigenvalue weighted by Crippen LogP contribution is 2.19. The number of carbonyl (C=O) groups excluding carboxylic acids is 2. The van der Waals surface area contributed by atoms with Gasteiger partial charge in [0.25, 0.3) is 11.8 Å². The predicted molar refractivity (Wildman–Crippen MR) is 103 cm³/mol. The molecule has 2 N–H and O–H groups in total. The first-order valence-electron chi connectivity index (χ1n) is 7.66. The molecule has 2 amide bonds. The van der Waals surface area contributed by atoms with Gasteiger partial charge in [0.15, 0.2) is 0 Å². The molecule has 0 saturated carbocycles. The van der Waals surface area contributed by atoms with E-state index in [1.54, 1.807) is 54.6 Å². The average molecular weight is 395 g/mol. The van der Waals surface area contributed by atoms with E-state index in [1.807, 2.05) is 24.3 Å². The van der Waals surface area contributed by atoms with Crippen LogP contribution in [-0.2, 0) is 0 Å². The molecule has 0 spiro atoms. The standard InChI is InChI=1S/C20H15BrN2O2/c21-15-8-6-7-14(13-15)19(24)23-18-12-5-4-11-17(18)20(25)22-16-9-2-1-3-10-16/h1-13H,(H,22,25)(H,23,24). The van der Waals surface area contributed by atoms with Crippen molar-refractivity contribution < 1.29 is 9.59 Å². The van der Waals surface area contributed by atoms with Crippen LogP contribution < -0.4 is 10.6 Å². The van der Waals surface area contributed by atoms with E-state index in [2.05, 4.69) is 26.6 Å². The Hall–Kier alpha value is -2.92. The maximum atomic E-state index is 12.5. The molecule has 3 aromatic carbocycles. The summed E-state index contributed by atoms with van der Waals surface area (Å²) in [6.45, 7) is 0. The van der Waals surface area contributed by atoms with E-state index in [1.165, 1.54) is 0 Å². The van der Waals surface area contributed by atoms with Gasteiger partial charge in [0, 0.05) is 15.7 Å². The van der Waals surface area contributed by atoms with E-state index in [-0.39, 0.29) is 11.8 Å². The van der Waals surface area contributed by atoms with E-state index in [4.69, 9.17) is 0 Å². The van der Waals surface area contributed by atoms with Gasteiger partial charge in [0.05, 0.1) is 11.3 Å². The van der Waals surface area contributed by atoms with E-state index in [9.17, 15) is 9.59 Å². The van der Waals surface area contributed by atoms with Gasteiger partial charge in [-0.05, 0) is 42.5 Å². The molecule has 3 rings (SSSR count). The number of para-hydroxylation sites is 2. The van der Waals surface area contributed by atoms with Gasteiger partial charge in [-0.3, -0.25) is 9.59 Å². The second-order valence-corrected chi connectivity index (χ2v) is 6.25. The Morgan fingerprint density at radius 2 is 1.44 bits per heavy atom. The minimum atomic E-state index is -0.281. The van der Waals surface area contributed by atoms with Crippen molar-refractivity contribution in [2.75, 3.05) is 10.6 Å². The molecule has 124 valence electrons. The van der Waals surface area contributed by atoms with Gasteiger partial charge in [-0.25, -0.2) is 0 Å². The van der Waals surface area contributed by atoms with Crippen LogP contribution in [0.5, 0.6) is 0 Å². The summed E-state index contributed by atoms with van der Waals surface area (Å²) in [4.78, 5) is 25.0. The lowest BCUT2D eigenvalue weighted by Gasteiger charge is -2.11. The molecule has 5 heteroatoms. The first-order valence-corrected chi connectivity index (χ1v) is 8.45. The zero-order chi connectivity index (χ0) is 17.6. The number of anilines is 2. The lowest BCUT2D eigenvalue weighted by atomic mass is 10.1. The molecule has 0 aliphatic heterocycles. The molecule has 0 radical (unpaired) electrons. The molecule has 0 atom stereocenters. The highest BCUT2D eigenvalue weighted by molar-refractivity contribution is 9.10. The van der Waals surface area contributed by atoms with Crippen LogP contribution in [0.3, 0.4) is 0 Å². The monoisotopic (exact) mass is 394 g/mol. The molecule has 0 heterocycles. The summed E-state index contributed by atoms with van der Waals surface area (Å²) in [5.41, 5.74) is 2.06. The third-order valence-corrected chi connectivity index (χ3v) is 4.03. The van der Waals surface area contributed by atoms with Crippen molar-refractivity contribution >= 4 is 39.1 Å². The normalized spacial score (nSPS) is 10.1. The number of hydrogen-bond acceptors (Lipinski definition) is 2. The fourth-order valence-electron chi connectivity index (χ4n) is 2.33. The van der Waals surface area contributed by atoms with Crippen LogP contribution in [0, 0.1) is 0 Å². The Bertz CT molecular complexity index is 910. The van der Waals surface area contributed by atoms with Crippen LogP contribution in [0.1, 0.15) is 20.7 Å². The quantitative estimate of drug-likeness (QED) is 0.657. The van der Waals surface area contributed by atoms with Crippen LogP contribution in [0.4, 0.5) is 11.4 Å². The van der Waals surface area contributed by atoms with Crippen LogP contribution >= 0.6 is 15.9 Å². The minimum absolute atomic E-state index is 0.277. The highest BCUT2D eigenvalue weighted by Gasteiger charge is 2.14. The van der Waals surface area contributed by atoms with E-state index >= 15 is 0 Å². The summed E-state index contributed by atoms with van der Waals surface area (Å²) in [7, 11) is 0. The summed E-state index contributed by atoms with van der Waals surface area (Å²) in [6.07, 6.45) is 0. The molecule has 0 aliphatic carbocycles. The first kappa shape index (κ1) is 16.9. The van der Waals surface area contributed by atoms with Crippen molar-refractivity contribution in [3.05, 3.63) is 94.5 Å². The number of carbonyl (C=O) groups is 2. The molecule has 0 fully saturated rings. The van der Waals surface area contributed by atoms with Gasteiger partial charge in [-0.2, -0.15) is 0 Å². The molecule has 0 bridgehead atoms. The Morgan fingerprint density at radius 1 is 0.720 bits per heavy atom. The number of benzene rings is 3. The summed E-state index contributed by atoms with van der Waals surface area (Å²) >= 11 is 3.35. The maximum absolute atomic E-state index is 12.5. The summed E-state index contributed by atoms with van der Waals surface area (Å²) < 4.78 is 0.815. The number of nitrogens with one attached hydrogen (secondary N) is 2. The smallest absolute Gasteiger partial charge is 0.257 e. The molecular weight excluding hydrogens is 380 g/mol. The molecular formula is C20H15BrN2O2. The molecule has 0 aromatic heterocycles. The Labute approximate surface area is 154 Å². The van der Waals surface area contributed by atoms with Gasteiger partial charge in [0.2, 0.25) is 0 Å². The fourth-order valence-corrected chi connectivity index (χ4v) is 2.73. The SMILES string of the molecule is O=C(Nc1ccccc1C(=O)Nc1ccccc1)c1cccc(Br)c1. The second kappa shape index (κ2) is 7.77. The zero-order valence-corrected chi connectivity index (χ0v) is 14.8.